The smallest absolute Gasteiger partial charge is 0.329 e. The third kappa shape index (κ3) is 5.73. The number of nitrogens with two attached hydrogens (primary N) is 1. The summed E-state index contributed by atoms with van der Waals surface area (Å²) >= 11 is -0.0970. The molecule has 0 spiro atoms. The average molecular weight is 306 g/mol. The summed E-state index contributed by atoms with van der Waals surface area (Å²) in [6, 6.07) is 6.48. The van der Waals surface area contributed by atoms with E-state index in [1.807, 2.05) is 7.05 Å². The predicted octanol–water partition coefficient (Wildman–Crippen LogP) is 3.89. The fourth-order valence-electron chi connectivity index (χ4n) is 2.17. The standard InChI is InChI=1S/C14H21F3N2S/c1-10(2)9-19(3)13(8-18)11-4-6-12(7-5-11)20-14(15,16)17/h4-7,10,13H,8-9,18H2,1-3H3. The summed E-state index contributed by atoms with van der Waals surface area (Å²) in [6.07, 6.45) is 0. The normalized spacial score (nSPS) is 14.1. The van der Waals surface area contributed by atoms with Crippen LogP contribution in [0.4, 0.5) is 13.2 Å². The maximum atomic E-state index is 12.3. The molecule has 0 aromatic heterocycles. The van der Waals surface area contributed by atoms with Gasteiger partial charge in [0.25, 0.3) is 0 Å². The van der Waals surface area contributed by atoms with Crippen molar-refractivity contribution in [3.05, 3.63) is 29.8 Å². The summed E-state index contributed by atoms with van der Waals surface area (Å²) in [5.74, 6) is 0.508. The second-order valence-electron chi connectivity index (χ2n) is 5.20. The summed E-state index contributed by atoms with van der Waals surface area (Å²) in [6.45, 7) is 5.57. The molecule has 2 nitrogen and oxygen atoms in total. The number of likely N-dealkylation sites (N-methyl/N-ethyl adjacent to an activating group) is 1. The Bertz CT molecular complexity index is 404. The van der Waals surface area contributed by atoms with Crippen LogP contribution in [-0.4, -0.2) is 30.5 Å². The highest BCUT2D eigenvalue weighted by atomic mass is 32.2. The molecule has 0 radical (unpaired) electrons. The van der Waals surface area contributed by atoms with Crippen molar-refractivity contribution >= 4 is 11.8 Å². The van der Waals surface area contributed by atoms with Crippen LogP contribution in [0.25, 0.3) is 0 Å². The largest absolute Gasteiger partial charge is 0.446 e. The Morgan fingerprint density at radius 2 is 1.75 bits per heavy atom. The van der Waals surface area contributed by atoms with E-state index >= 15 is 0 Å². The van der Waals surface area contributed by atoms with E-state index in [1.165, 1.54) is 12.1 Å². The lowest BCUT2D eigenvalue weighted by molar-refractivity contribution is -0.0328. The van der Waals surface area contributed by atoms with Crippen molar-refractivity contribution in [1.82, 2.24) is 4.90 Å². The monoisotopic (exact) mass is 306 g/mol. The molecule has 114 valence electrons. The van der Waals surface area contributed by atoms with Gasteiger partial charge in [-0.15, -0.1) is 0 Å². The van der Waals surface area contributed by atoms with Gasteiger partial charge in [0.05, 0.1) is 0 Å². The molecule has 1 rings (SSSR count). The molecule has 2 N–H and O–H groups in total. The molecule has 0 saturated heterocycles. The Morgan fingerprint density at radius 3 is 2.15 bits per heavy atom. The van der Waals surface area contributed by atoms with Crippen LogP contribution in [0.5, 0.6) is 0 Å². The number of thioether (sulfide) groups is 1. The number of hydrogen-bond acceptors (Lipinski definition) is 3. The maximum Gasteiger partial charge on any atom is 0.446 e. The van der Waals surface area contributed by atoms with E-state index in [1.54, 1.807) is 12.1 Å². The fraction of sp³-hybridized carbons (Fsp3) is 0.571. The summed E-state index contributed by atoms with van der Waals surface area (Å²) in [4.78, 5) is 2.33. The molecule has 1 aromatic rings. The molecule has 0 fully saturated rings. The quantitative estimate of drug-likeness (QED) is 0.809. The van der Waals surface area contributed by atoms with E-state index in [0.29, 0.717) is 12.5 Å². The van der Waals surface area contributed by atoms with Crippen LogP contribution < -0.4 is 5.73 Å². The Balaban J connectivity index is 2.79. The number of nitrogens with zero attached hydrogens (tertiary/aromatic N) is 1. The molecule has 0 heterocycles. The second kappa shape index (κ2) is 7.33. The minimum Gasteiger partial charge on any atom is -0.329 e. The molecule has 0 saturated carbocycles. The molecule has 1 aromatic carbocycles. The van der Waals surface area contributed by atoms with Crippen LogP contribution in [0.3, 0.4) is 0 Å². The van der Waals surface area contributed by atoms with E-state index < -0.39 is 5.51 Å². The van der Waals surface area contributed by atoms with Gasteiger partial charge < -0.3 is 5.73 Å². The molecule has 1 atom stereocenters. The van der Waals surface area contributed by atoms with Gasteiger partial charge in [-0.1, -0.05) is 26.0 Å². The van der Waals surface area contributed by atoms with Gasteiger partial charge in [0, 0.05) is 24.0 Å². The van der Waals surface area contributed by atoms with Crippen LogP contribution in [-0.2, 0) is 0 Å². The van der Waals surface area contributed by atoms with Gasteiger partial charge in [0.2, 0.25) is 0 Å². The van der Waals surface area contributed by atoms with Crippen molar-refractivity contribution in [2.24, 2.45) is 11.7 Å². The lowest BCUT2D eigenvalue weighted by Gasteiger charge is -2.29. The minimum atomic E-state index is -4.25. The Hall–Kier alpha value is -0.720. The molecule has 0 aliphatic carbocycles. The highest BCUT2D eigenvalue weighted by Gasteiger charge is 2.29. The van der Waals surface area contributed by atoms with E-state index in [-0.39, 0.29) is 22.7 Å². The van der Waals surface area contributed by atoms with Gasteiger partial charge in [0.15, 0.2) is 0 Å². The number of halogens is 3. The summed E-state index contributed by atoms with van der Waals surface area (Å²) in [7, 11) is 1.98. The van der Waals surface area contributed by atoms with E-state index in [9.17, 15) is 13.2 Å². The minimum absolute atomic E-state index is 0.0299. The molecule has 0 bridgehead atoms. The zero-order valence-corrected chi connectivity index (χ0v) is 12.8. The van der Waals surface area contributed by atoms with Gasteiger partial charge in [0.1, 0.15) is 0 Å². The first-order chi connectivity index (χ1) is 9.23. The lowest BCUT2D eigenvalue weighted by Crippen LogP contribution is -2.33. The first-order valence-corrected chi connectivity index (χ1v) is 7.30. The zero-order chi connectivity index (χ0) is 15.3. The van der Waals surface area contributed by atoms with Crippen molar-refractivity contribution in [3.63, 3.8) is 0 Å². The SMILES string of the molecule is CC(C)CN(C)C(CN)c1ccc(SC(F)(F)F)cc1. The van der Waals surface area contributed by atoms with Crippen LogP contribution >= 0.6 is 11.8 Å². The van der Waals surface area contributed by atoms with E-state index in [2.05, 4.69) is 18.7 Å². The predicted molar refractivity (Wildman–Crippen MR) is 77.6 cm³/mol. The topological polar surface area (TPSA) is 29.3 Å². The van der Waals surface area contributed by atoms with E-state index in [4.69, 9.17) is 5.73 Å². The van der Waals surface area contributed by atoms with Crippen LogP contribution in [0, 0.1) is 5.92 Å². The molecular formula is C14H21F3N2S. The second-order valence-corrected chi connectivity index (χ2v) is 6.34. The summed E-state index contributed by atoms with van der Waals surface area (Å²) in [5.41, 5.74) is 2.49. The van der Waals surface area contributed by atoms with Gasteiger partial charge in [-0.25, -0.2) is 0 Å². The van der Waals surface area contributed by atoms with E-state index in [0.717, 1.165) is 12.1 Å². The number of hydrogen-bond donors (Lipinski definition) is 1. The summed E-state index contributed by atoms with van der Waals surface area (Å²) in [5, 5.41) is 0. The van der Waals surface area contributed by atoms with Gasteiger partial charge in [-0.2, -0.15) is 13.2 Å². The number of rotatable bonds is 6. The number of benzene rings is 1. The molecule has 20 heavy (non-hydrogen) atoms. The van der Waals surface area contributed by atoms with Gasteiger partial charge >= 0.3 is 5.51 Å². The first-order valence-electron chi connectivity index (χ1n) is 6.49. The Kier molecular flexibility index (Phi) is 6.36. The van der Waals surface area contributed by atoms with Crippen molar-refractivity contribution < 1.29 is 13.2 Å². The highest BCUT2D eigenvalue weighted by Crippen LogP contribution is 2.37. The lowest BCUT2D eigenvalue weighted by atomic mass is 10.0. The zero-order valence-electron chi connectivity index (χ0n) is 11.9. The van der Waals surface area contributed by atoms with Crippen molar-refractivity contribution in [1.29, 1.82) is 0 Å². The fourth-order valence-corrected chi connectivity index (χ4v) is 2.70. The third-order valence-electron chi connectivity index (χ3n) is 2.91. The Labute approximate surface area is 122 Å². The van der Waals surface area contributed by atoms with Crippen LogP contribution in [0.15, 0.2) is 29.2 Å². The highest BCUT2D eigenvalue weighted by molar-refractivity contribution is 8.00. The van der Waals surface area contributed by atoms with Crippen LogP contribution in [0.2, 0.25) is 0 Å². The molecular weight excluding hydrogens is 285 g/mol. The number of alkyl halides is 3. The average Bonchev–Trinajstić information content (AvgIpc) is 2.29. The molecule has 0 aliphatic rings. The molecule has 1 unspecified atom stereocenters. The van der Waals surface area contributed by atoms with Gasteiger partial charge in [-0.3, -0.25) is 4.90 Å². The van der Waals surface area contributed by atoms with Crippen LogP contribution in [0.1, 0.15) is 25.5 Å². The van der Waals surface area contributed by atoms with Crippen molar-refractivity contribution in [2.45, 2.75) is 30.3 Å². The van der Waals surface area contributed by atoms with Gasteiger partial charge in [-0.05, 0) is 42.4 Å². The third-order valence-corrected chi connectivity index (χ3v) is 3.65. The van der Waals surface area contributed by atoms with Crippen molar-refractivity contribution in [2.75, 3.05) is 20.1 Å². The first kappa shape index (κ1) is 17.3. The summed E-state index contributed by atoms with van der Waals surface area (Å²) < 4.78 is 36.8. The molecule has 0 amide bonds. The van der Waals surface area contributed by atoms with Crippen molar-refractivity contribution in [3.8, 4) is 0 Å². The molecule has 6 heteroatoms. The Morgan fingerprint density at radius 1 is 1.20 bits per heavy atom. The molecule has 0 aliphatic heterocycles. The maximum absolute atomic E-state index is 12.3.